The molecule has 0 bridgehead atoms. The first-order valence-electron chi connectivity index (χ1n) is 7.51. The molecular weight excluding hydrogens is 325 g/mol. The van der Waals surface area contributed by atoms with Crippen LogP contribution in [0.25, 0.3) is 0 Å². The van der Waals surface area contributed by atoms with Crippen molar-refractivity contribution in [2.45, 2.75) is 25.4 Å². The Bertz CT molecular complexity index is 644. The SMILES string of the molecule is CN(C)c1cc(NC(=O)[C@@H]2CC[C@H](C(=O)O)C2)cc(C(F)(F)F)c1. The van der Waals surface area contributed by atoms with E-state index in [1.54, 1.807) is 14.1 Å². The summed E-state index contributed by atoms with van der Waals surface area (Å²) < 4.78 is 39.0. The summed E-state index contributed by atoms with van der Waals surface area (Å²) in [6.07, 6.45) is -3.49. The molecule has 1 aromatic rings. The molecule has 1 amide bonds. The van der Waals surface area contributed by atoms with Crippen molar-refractivity contribution in [2.24, 2.45) is 11.8 Å². The third-order valence-corrected chi connectivity index (χ3v) is 4.18. The Morgan fingerprint density at radius 3 is 2.29 bits per heavy atom. The Labute approximate surface area is 137 Å². The van der Waals surface area contributed by atoms with E-state index < -0.39 is 35.5 Å². The first-order valence-corrected chi connectivity index (χ1v) is 7.51. The van der Waals surface area contributed by atoms with Crippen molar-refractivity contribution in [3.63, 3.8) is 0 Å². The number of amides is 1. The Morgan fingerprint density at radius 1 is 1.17 bits per heavy atom. The minimum absolute atomic E-state index is 0.0531. The molecule has 2 N–H and O–H groups in total. The van der Waals surface area contributed by atoms with E-state index in [1.165, 1.54) is 11.0 Å². The van der Waals surface area contributed by atoms with E-state index in [0.717, 1.165) is 12.1 Å². The van der Waals surface area contributed by atoms with Crippen molar-refractivity contribution in [3.8, 4) is 0 Å². The van der Waals surface area contributed by atoms with E-state index in [4.69, 9.17) is 5.11 Å². The Hall–Kier alpha value is -2.25. The van der Waals surface area contributed by atoms with Crippen LogP contribution in [0, 0.1) is 11.8 Å². The Kier molecular flexibility index (Phi) is 5.05. The Balaban J connectivity index is 2.18. The van der Waals surface area contributed by atoms with Crippen LogP contribution in [0.3, 0.4) is 0 Å². The van der Waals surface area contributed by atoms with Crippen molar-refractivity contribution in [1.29, 1.82) is 0 Å². The van der Waals surface area contributed by atoms with E-state index in [9.17, 15) is 22.8 Å². The van der Waals surface area contributed by atoms with Gasteiger partial charge in [0.25, 0.3) is 0 Å². The second kappa shape index (κ2) is 6.70. The lowest BCUT2D eigenvalue weighted by Gasteiger charge is -2.18. The van der Waals surface area contributed by atoms with Crippen LogP contribution in [0.1, 0.15) is 24.8 Å². The predicted molar refractivity (Wildman–Crippen MR) is 82.9 cm³/mol. The van der Waals surface area contributed by atoms with Gasteiger partial charge < -0.3 is 15.3 Å². The zero-order valence-corrected chi connectivity index (χ0v) is 13.4. The highest BCUT2D eigenvalue weighted by Crippen LogP contribution is 2.35. The third-order valence-electron chi connectivity index (χ3n) is 4.18. The molecule has 0 aliphatic heterocycles. The van der Waals surface area contributed by atoms with E-state index in [0.29, 0.717) is 18.5 Å². The van der Waals surface area contributed by atoms with E-state index in [1.807, 2.05) is 0 Å². The molecule has 1 saturated carbocycles. The van der Waals surface area contributed by atoms with Crippen molar-refractivity contribution in [1.82, 2.24) is 0 Å². The Morgan fingerprint density at radius 2 is 1.79 bits per heavy atom. The van der Waals surface area contributed by atoms with Crippen molar-refractivity contribution < 1.29 is 27.9 Å². The average Bonchev–Trinajstić information content (AvgIpc) is 2.96. The van der Waals surface area contributed by atoms with Gasteiger partial charge in [0.15, 0.2) is 0 Å². The van der Waals surface area contributed by atoms with E-state index in [2.05, 4.69) is 5.32 Å². The van der Waals surface area contributed by atoms with Gasteiger partial charge in [0.1, 0.15) is 0 Å². The molecule has 0 saturated heterocycles. The first-order chi connectivity index (χ1) is 11.1. The number of rotatable bonds is 4. The van der Waals surface area contributed by atoms with Crippen LogP contribution in [-0.4, -0.2) is 31.1 Å². The molecule has 0 radical (unpaired) electrons. The van der Waals surface area contributed by atoms with Gasteiger partial charge in [-0.3, -0.25) is 9.59 Å². The van der Waals surface area contributed by atoms with Gasteiger partial charge >= 0.3 is 12.1 Å². The second-order valence-corrected chi connectivity index (χ2v) is 6.20. The lowest BCUT2D eigenvalue weighted by molar-refractivity contribution is -0.141. The average molecular weight is 344 g/mol. The van der Waals surface area contributed by atoms with Crippen LogP contribution < -0.4 is 10.2 Å². The summed E-state index contributed by atoms with van der Waals surface area (Å²) >= 11 is 0. The number of alkyl halides is 3. The van der Waals surface area contributed by atoms with Gasteiger partial charge in [-0.15, -0.1) is 0 Å². The summed E-state index contributed by atoms with van der Waals surface area (Å²) in [5.74, 6) is -2.45. The van der Waals surface area contributed by atoms with Gasteiger partial charge in [-0.1, -0.05) is 0 Å². The molecule has 0 heterocycles. The van der Waals surface area contributed by atoms with Crippen LogP contribution in [-0.2, 0) is 15.8 Å². The maximum Gasteiger partial charge on any atom is 0.416 e. The third kappa shape index (κ3) is 4.18. The highest BCUT2D eigenvalue weighted by Gasteiger charge is 2.35. The van der Waals surface area contributed by atoms with Crippen LogP contribution in [0.2, 0.25) is 0 Å². The zero-order chi connectivity index (χ0) is 18.1. The van der Waals surface area contributed by atoms with Crippen molar-refractivity contribution in [2.75, 3.05) is 24.3 Å². The monoisotopic (exact) mass is 344 g/mol. The zero-order valence-electron chi connectivity index (χ0n) is 13.4. The number of anilines is 2. The minimum atomic E-state index is -4.52. The summed E-state index contributed by atoms with van der Waals surface area (Å²) in [5, 5.41) is 11.5. The summed E-state index contributed by atoms with van der Waals surface area (Å²) in [5.41, 5.74) is -0.480. The van der Waals surface area contributed by atoms with Gasteiger partial charge in [-0.25, -0.2) is 0 Å². The fourth-order valence-corrected chi connectivity index (χ4v) is 2.79. The number of nitrogens with one attached hydrogen (secondary N) is 1. The molecular formula is C16H19F3N2O3. The molecule has 0 unspecified atom stereocenters. The topological polar surface area (TPSA) is 69.6 Å². The lowest BCUT2D eigenvalue weighted by atomic mass is 10.0. The largest absolute Gasteiger partial charge is 0.481 e. The minimum Gasteiger partial charge on any atom is -0.481 e. The molecule has 0 spiro atoms. The maximum absolute atomic E-state index is 13.0. The molecule has 132 valence electrons. The smallest absolute Gasteiger partial charge is 0.416 e. The molecule has 2 atom stereocenters. The molecule has 5 nitrogen and oxygen atoms in total. The van der Waals surface area contributed by atoms with Crippen molar-refractivity contribution >= 4 is 23.3 Å². The number of carbonyl (C=O) groups is 2. The van der Waals surface area contributed by atoms with Gasteiger partial charge in [0.05, 0.1) is 11.5 Å². The molecule has 1 aromatic carbocycles. The van der Waals surface area contributed by atoms with Gasteiger partial charge in [-0.05, 0) is 37.5 Å². The fraction of sp³-hybridized carbons (Fsp3) is 0.500. The number of nitrogens with zero attached hydrogens (tertiary/aromatic N) is 1. The highest BCUT2D eigenvalue weighted by atomic mass is 19.4. The van der Waals surface area contributed by atoms with Crippen molar-refractivity contribution in [3.05, 3.63) is 23.8 Å². The van der Waals surface area contributed by atoms with Gasteiger partial charge in [-0.2, -0.15) is 13.2 Å². The normalized spacial score (nSPS) is 20.7. The molecule has 1 aliphatic carbocycles. The summed E-state index contributed by atoms with van der Waals surface area (Å²) in [4.78, 5) is 24.7. The quantitative estimate of drug-likeness (QED) is 0.880. The van der Waals surface area contributed by atoms with E-state index in [-0.39, 0.29) is 12.1 Å². The fourth-order valence-electron chi connectivity index (χ4n) is 2.79. The number of hydrogen-bond acceptors (Lipinski definition) is 3. The summed E-state index contributed by atoms with van der Waals surface area (Å²) in [7, 11) is 3.21. The molecule has 0 aromatic heterocycles. The van der Waals surface area contributed by atoms with Crippen LogP contribution >= 0.6 is 0 Å². The summed E-state index contributed by atoms with van der Waals surface area (Å²) in [6, 6.07) is 3.34. The van der Waals surface area contributed by atoms with Gasteiger partial charge in [0.2, 0.25) is 5.91 Å². The predicted octanol–water partition coefficient (Wildman–Crippen LogP) is 3.21. The number of hydrogen-bond donors (Lipinski definition) is 2. The maximum atomic E-state index is 13.0. The van der Waals surface area contributed by atoms with Gasteiger partial charge in [0, 0.05) is 31.4 Å². The molecule has 8 heteroatoms. The van der Waals surface area contributed by atoms with Crippen LogP contribution in [0.15, 0.2) is 18.2 Å². The number of carboxylic acids is 1. The highest BCUT2D eigenvalue weighted by molar-refractivity contribution is 5.93. The number of halogens is 3. The molecule has 1 fully saturated rings. The molecule has 24 heavy (non-hydrogen) atoms. The first kappa shape index (κ1) is 18.1. The number of carbonyl (C=O) groups excluding carboxylic acids is 1. The van der Waals surface area contributed by atoms with Crippen LogP contribution in [0.5, 0.6) is 0 Å². The van der Waals surface area contributed by atoms with E-state index >= 15 is 0 Å². The standard InChI is InChI=1S/C16H19F3N2O3/c1-21(2)13-7-11(16(17,18)19)6-12(8-13)20-14(22)9-3-4-10(5-9)15(23)24/h6-10H,3-5H2,1-2H3,(H,20,22)(H,23,24)/t9-,10+/m1/s1. The number of aliphatic carboxylic acids is 1. The van der Waals surface area contributed by atoms with Crippen LogP contribution in [0.4, 0.5) is 24.5 Å². The number of benzene rings is 1. The summed E-state index contributed by atoms with van der Waals surface area (Å²) in [6.45, 7) is 0. The molecule has 2 rings (SSSR count). The lowest BCUT2D eigenvalue weighted by Crippen LogP contribution is -2.22. The molecule has 1 aliphatic rings. The second-order valence-electron chi connectivity index (χ2n) is 6.20. The number of carboxylic acid groups (broad SMARTS) is 1.